The standard InChI is InChI=1S/C46H46ClN7O7S/c47-35-4-2-32(3-5-35)40-27-46(14-1-15-46)16-10-34(40)30-52-18-20-53(21-19-52)36-6-8-39(43(25-36)61-37-24-33-11-17-48-44(33)50-29-37)45(55)51-62(58,59)38-7-9-41(42(26-38)54(56)57)49-28-31-12-22-60-23-13-31/h2-9,11,17-21,24-26,29,31,49H,1,10,12-16,22-23,27-28,30H2,(H,48,50)(H,51,55). The summed E-state index contributed by atoms with van der Waals surface area (Å²) in [5, 5.41) is 16.7. The molecule has 4 heterocycles. The van der Waals surface area contributed by atoms with Crippen LogP contribution >= 0.6 is 11.6 Å². The van der Waals surface area contributed by atoms with Crippen molar-refractivity contribution in [2.75, 3.05) is 36.5 Å². The van der Waals surface area contributed by atoms with Gasteiger partial charge in [0.2, 0.25) is 0 Å². The van der Waals surface area contributed by atoms with E-state index in [0.29, 0.717) is 42.3 Å². The minimum absolute atomic E-state index is 0.0691. The van der Waals surface area contributed by atoms with Gasteiger partial charge in [-0.1, -0.05) is 30.2 Å². The number of benzene rings is 3. The van der Waals surface area contributed by atoms with Gasteiger partial charge >= 0.3 is 0 Å². The Labute approximate surface area is 364 Å². The summed E-state index contributed by atoms with van der Waals surface area (Å²) in [4.78, 5) is 36.4. The van der Waals surface area contributed by atoms with Gasteiger partial charge in [0.15, 0.2) is 0 Å². The van der Waals surface area contributed by atoms with Crippen LogP contribution in [0.3, 0.4) is 0 Å². The van der Waals surface area contributed by atoms with Crippen LogP contribution in [0.2, 0.25) is 5.02 Å². The number of H-pyrrole nitrogens is 1. The third-order valence-electron chi connectivity index (χ3n) is 12.5. The summed E-state index contributed by atoms with van der Waals surface area (Å²) in [6.07, 6.45) is 19.9. The summed E-state index contributed by atoms with van der Waals surface area (Å²) < 4.78 is 41.1. The van der Waals surface area contributed by atoms with Gasteiger partial charge in [-0.2, -0.15) is 0 Å². The zero-order chi connectivity index (χ0) is 42.8. The Morgan fingerprint density at radius 2 is 1.79 bits per heavy atom. The van der Waals surface area contributed by atoms with Crippen LogP contribution in [-0.2, 0) is 14.8 Å². The SMILES string of the molecule is O=C(NS(=O)(=O)c1ccc(NCC2CCOCC2)c([N+](=O)[O-])c1)c1ccc(N2C=CN(CC3=C(c4ccc(Cl)cc4)CC4(CCC4)CC3)C=C2)cc1Oc1cnc2[nH]ccc2c1. The van der Waals surface area contributed by atoms with Crippen molar-refractivity contribution >= 4 is 61.2 Å². The molecule has 1 amide bonds. The number of ether oxygens (including phenoxy) is 2. The fourth-order valence-corrected chi connectivity index (χ4v) is 9.88. The summed E-state index contributed by atoms with van der Waals surface area (Å²) in [5.74, 6) is -0.324. The molecular weight excluding hydrogens is 830 g/mol. The van der Waals surface area contributed by atoms with E-state index in [4.69, 9.17) is 21.1 Å². The van der Waals surface area contributed by atoms with Gasteiger partial charge in [0.25, 0.3) is 21.6 Å². The molecule has 0 radical (unpaired) electrons. The van der Waals surface area contributed by atoms with Crippen LogP contribution in [0.4, 0.5) is 17.1 Å². The van der Waals surface area contributed by atoms with Gasteiger partial charge in [0.1, 0.15) is 22.8 Å². The van der Waals surface area contributed by atoms with E-state index < -0.39 is 31.4 Å². The number of allylic oxidation sites excluding steroid dienone is 1. The third kappa shape index (κ3) is 8.92. The van der Waals surface area contributed by atoms with E-state index >= 15 is 0 Å². The molecule has 3 aromatic carbocycles. The van der Waals surface area contributed by atoms with Crippen molar-refractivity contribution in [1.82, 2.24) is 19.6 Å². The first-order valence-electron chi connectivity index (χ1n) is 20.8. The van der Waals surface area contributed by atoms with Crippen LogP contribution in [0.15, 0.2) is 120 Å². The minimum atomic E-state index is -4.57. The van der Waals surface area contributed by atoms with Crippen molar-refractivity contribution in [3.8, 4) is 11.5 Å². The number of carbonyl (C=O) groups is 1. The van der Waals surface area contributed by atoms with Crippen LogP contribution in [-0.4, -0.2) is 60.4 Å². The molecular formula is C46H46ClN7O7S. The summed E-state index contributed by atoms with van der Waals surface area (Å²) in [6.45, 7) is 2.46. The molecule has 5 aromatic rings. The Bertz CT molecular complexity index is 2710. The fraction of sp³-hybridized carbons (Fsp3) is 0.304. The molecule has 4 aliphatic rings. The van der Waals surface area contributed by atoms with Crippen molar-refractivity contribution in [2.24, 2.45) is 11.3 Å². The predicted octanol–water partition coefficient (Wildman–Crippen LogP) is 9.75. The number of pyridine rings is 1. The van der Waals surface area contributed by atoms with Crippen molar-refractivity contribution in [1.29, 1.82) is 0 Å². The lowest BCUT2D eigenvalue weighted by molar-refractivity contribution is -0.384. The number of nitrogens with one attached hydrogen (secondary N) is 3. The molecule has 1 saturated heterocycles. The molecule has 14 nitrogen and oxygen atoms in total. The fourth-order valence-electron chi connectivity index (χ4n) is 8.77. The molecule has 2 aliphatic carbocycles. The van der Waals surface area contributed by atoms with Crippen LogP contribution in [0.5, 0.6) is 11.5 Å². The zero-order valence-electron chi connectivity index (χ0n) is 33.9. The summed E-state index contributed by atoms with van der Waals surface area (Å²) in [6, 6.07) is 20.1. The second-order valence-electron chi connectivity index (χ2n) is 16.5. The number of halogens is 1. The van der Waals surface area contributed by atoms with E-state index in [2.05, 4.69) is 37.0 Å². The average Bonchev–Trinajstić information content (AvgIpc) is 3.74. The minimum Gasteiger partial charge on any atom is -0.455 e. The maximum absolute atomic E-state index is 13.9. The molecule has 2 fully saturated rings. The number of anilines is 2. The van der Waals surface area contributed by atoms with Gasteiger partial charge in [-0.15, -0.1) is 0 Å². The van der Waals surface area contributed by atoms with Crippen LogP contribution < -0.4 is 19.7 Å². The molecule has 2 aliphatic heterocycles. The molecule has 320 valence electrons. The van der Waals surface area contributed by atoms with E-state index in [1.807, 2.05) is 47.9 Å². The van der Waals surface area contributed by atoms with Crippen LogP contribution in [0.25, 0.3) is 16.6 Å². The molecule has 62 heavy (non-hydrogen) atoms. The largest absolute Gasteiger partial charge is 0.455 e. The number of nitro benzene ring substituents is 1. The lowest BCUT2D eigenvalue weighted by Crippen LogP contribution is -2.33. The number of nitro groups is 1. The van der Waals surface area contributed by atoms with E-state index in [1.54, 1.807) is 24.4 Å². The summed E-state index contributed by atoms with van der Waals surface area (Å²) in [5.41, 5.74) is 5.44. The second-order valence-corrected chi connectivity index (χ2v) is 18.6. The van der Waals surface area contributed by atoms with E-state index in [-0.39, 0.29) is 22.9 Å². The molecule has 0 unspecified atom stereocenters. The first-order valence-corrected chi connectivity index (χ1v) is 22.7. The lowest BCUT2D eigenvalue weighted by Gasteiger charge is -2.47. The van der Waals surface area contributed by atoms with Crippen molar-refractivity contribution < 1.29 is 27.6 Å². The predicted molar refractivity (Wildman–Crippen MR) is 238 cm³/mol. The first kappa shape index (κ1) is 41.2. The van der Waals surface area contributed by atoms with Crippen molar-refractivity contribution in [2.45, 2.75) is 56.3 Å². The highest BCUT2D eigenvalue weighted by molar-refractivity contribution is 7.90. The topological polar surface area (TPSA) is 172 Å². The second kappa shape index (κ2) is 17.3. The van der Waals surface area contributed by atoms with Gasteiger partial charge in [-0.05, 0) is 122 Å². The summed E-state index contributed by atoms with van der Waals surface area (Å²) in [7, 11) is -4.57. The van der Waals surface area contributed by atoms with Crippen LogP contribution in [0, 0.1) is 21.4 Å². The summed E-state index contributed by atoms with van der Waals surface area (Å²) >= 11 is 6.26. The number of rotatable bonds is 13. The van der Waals surface area contributed by atoms with E-state index in [0.717, 1.165) is 48.7 Å². The molecule has 3 N–H and O–H groups in total. The highest BCUT2D eigenvalue weighted by Gasteiger charge is 2.40. The number of aromatic nitrogens is 2. The van der Waals surface area contributed by atoms with Crippen molar-refractivity contribution in [3.05, 3.63) is 142 Å². The van der Waals surface area contributed by atoms with Gasteiger partial charge in [0.05, 0.1) is 21.6 Å². The Balaban J connectivity index is 0.950. The Kier molecular flexibility index (Phi) is 11.5. The lowest BCUT2D eigenvalue weighted by atomic mass is 9.59. The molecule has 16 heteroatoms. The monoisotopic (exact) mass is 875 g/mol. The Morgan fingerprint density at radius 1 is 1.00 bits per heavy atom. The normalized spacial score (nSPS) is 17.6. The maximum atomic E-state index is 13.9. The van der Waals surface area contributed by atoms with Gasteiger partial charge in [-0.25, -0.2) is 18.1 Å². The Morgan fingerprint density at radius 3 is 2.53 bits per heavy atom. The van der Waals surface area contributed by atoms with Crippen LogP contribution in [0.1, 0.15) is 67.3 Å². The highest BCUT2D eigenvalue weighted by atomic mass is 35.5. The Hall–Kier alpha value is -6.16. The number of hydrogen-bond acceptors (Lipinski definition) is 11. The number of fused-ring (bicyclic) bond motifs is 1. The molecule has 1 saturated carbocycles. The van der Waals surface area contributed by atoms with Gasteiger partial charge < -0.3 is 29.6 Å². The molecule has 1 spiro atoms. The molecule has 0 bridgehead atoms. The number of carbonyl (C=O) groups excluding carboxylic acids is 1. The number of aromatic amines is 1. The average molecular weight is 876 g/mol. The number of sulfonamides is 1. The van der Waals surface area contributed by atoms with E-state index in [1.165, 1.54) is 66.8 Å². The van der Waals surface area contributed by atoms with Gasteiger partial charge in [0, 0.05) is 85.5 Å². The quantitative estimate of drug-likeness (QED) is 0.0760. The first-order chi connectivity index (χ1) is 30.0. The maximum Gasteiger partial charge on any atom is 0.293 e. The molecule has 2 aromatic heterocycles. The number of hydrogen-bond donors (Lipinski definition) is 3. The smallest absolute Gasteiger partial charge is 0.293 e. The zero-order valence-corrected chi connectivity index (χ0v) is 35.5. The van der Waals surface area contributed by atoms with Crippen molar-refractivity contribution in [3.63, 3.8) is 0 Å². The molecule has 0 atom stereocenters. The highest BCUT2D eigenvalue weighted by Crippen LogP contribution is 2.55. The number of nitrogens with zero attached hydrogens (tertiary/aromatic N) is 4. The van der Waals surface area contributed by atoms with Gasteiger partial charge in [-0.3, -0.25) is 14.9 Å². The third-order valence-corrected chi connectivity index (χ3v) is 14.1. The number of amides is 1. The van der Waals surface area contributed by atoms with E-state index in [9.17, 15) is 23.3 Å². The molecule has 9 rings (SSSR count).